The molecule has 0 aromatic heterocycles. The zero-order valence-electron chi connectivity index (χ0n) is 11.2. The smallest absolute Gasteiger partial charge is 0.111 e. The van der Waals surface area contributed by atoms with Crippen LogP contribution in [0.1, 0.15) is 27.7 Å². The Morgan fingerprint density at radius 3 is 1.87 bits per heavy atom. The van der Waals surface area contributed by atoms with E-state index in [0.29, 0.717) is 16.8 Å². The molecule has 0 aromatic carbocycles. The van der Waals surface area contributed by atoms with Crippen molar-refractivity contribution < 1.29 is 4.74 Å². The number of rotatable bonds is 7. The molecule has 15 heavy (non-hydrogen) atoms. The molecule has 1 atom stereocenters. The molecule has 0 aliphatic carbocycles. The summed E-state index contributed by atoms with van der Waals surface area (Å²) in [7, 11) is 2.83. The maximum Gasteiger partial charge on any atom is 0.111 e. The lowest BCUT2D eigenvalue weighted by atomic mass is 10.5. The van der Waals surface area contributed by atoms with E-state index >= 15 is 0 Å². The molecule has 1 unspecified atom stereocenters. The van der Waals surface area contributed by atoms with Crippen LogP contribution in [0.15, 0.2) is 0 Å². The van der Waals surface area contributed by atoms with Crippen molar-refractivity contribution in [3.63, 3.8) is 0 Å². The second-order valence-electron chi connectivity index (χ2n) is 5.62. The second kappa shape index (κ2) is 7.25. The average molecular weight is 267 g/mol. The van der Waals surface area contributed by atoms with Crippen molar-refractivity contribution in [1.29, 1.82) is 0 Å². The van der Waals surface area contributed by atoms with E-state index in [4.69, 9.17) is 4.74 Å². The van der Waals surface area contributed by atoms with Crippen LogP contribution >= 0.6 is 21.6 Å². The predicted molar refractivity (Wildman–Crippen MR) is 78.5 cm³/mol. The number of hydrogen-bond donors (Lipinski definition) is 0. The summed E-state index contributed by atoms with van der Waals surface area (Å²) < 4.78 is 5.95. The minimum absolute atomic E-state index is 0.339. The zero-order valence-corrected chi connectivity index (χ0v) is 13.8. The Hall–Kier alpha value is 0.877. The van der Waals surface area contributed by atoms with Gasteiger partial charge in [-0.3, -0.25) is 0 Å². The summed E-state index contributed by atoms with van der Waals surface area (Å²) in [4.78, 5) is 0. The summed E-state index contributed by atoms with van der Waals surface area (Å²) in [6.45, 7) is 15.9. The van der Waals surface area contributed by atoms with Crippen LogP contribution in [0, 0.1) is 0 Å². The Kier molecular flexibility index (Phi) is 7.67. The molecule has 4 heteroatoms. The molecule has 0 N–H and O–H groups in total. The quantitative estimate of drug-likeness (QED) is 0.370. The van der Waals surface area contributed by atoms with Crippen LogP contribution < -0.4 is 0 Å². The molecule has 0 aliphatic rings. The van der Waals surface area contributed by atoms with Crippen LogP contribution in [0.4, 0.5) is 0 Å². The van der Waals surface area contributed by atoms with Crippen molar-refractivity contribution in [1.82, 2.24) is 0 Å². The lowest BCUT2D eigenvalue weighted by molar-refractivity contribution is 0.0692. The second-order valence-corrected chi connectivity index (χ2v) is 14.2. The monoisotopic (exact) mass is 266 g/mol. The lowest BCUT2D eigenvalue weighted by Crippen LogP contribution is -2.28. The molecule has 0 fully saturated rings. The molecular weight excluding hydrogens is 240 g/mol. The Morgan fingerprint density at radius 2 is 1.53 bits per heavy atom. The van der Waals surface area contributed by atoms with Gasteiger partial charge in [-0.15, -0.1) is 0 Å². The van der Waals surface area contributed by atoms with Gasteiger partial charge in [0.15, 0.2) is 0 Å². The summed E-state index contributed by atoms with van der Waals surface area (Å²) in [5.41, 5.74) is 0.379. The van der Waals surface area contributed by atoms with Gasteiger partial charge in [0.2, 0.25) is 0 Å². The van der Waals surface area contributed by atoms with Gasteiger partial charge >= 0.3 is 0 Å². The molecule has 0 aromatic rings. The maximum absolute atomic E-state index is 5.95. The lowest BCUT2D eigenvalue weighted by Gasteiger charge is -2.26. The van der Waals surface area contributed by atoms with Crippen LogP contribution in [-0.2, 0) is 4.74 Å². The van der Waals surface area contributed by atoms with Gasteiger partial charge in [-0.05, 0) is 19.9 Å². The maximum atomic E-state index is 5.95. The molecule has 0 saturated carbocycles. The molecule has 0 rings (SSSR count). The standard InChI is InChI=1S/C11H26OS2Si/c1-9(2)12-11(8-15(5,6)7)14-13-10(3)4/h9-11H,8H2,1-7H3. The van der Waals surface area contributed by atoms with E-state index in [1.165, 1.54) is 6.04 Å². The van der Waals surface area contributed by atoms with Gasteiger partial charge in [0.05, 0.1) is 6.10 Å². The molecular formula is C11H26OS2Si. The topological polar surface area (TPSA) is 9.23 Å². The fourth-order valence-electron chi connectivity index (χ4n) is 1.08. The van der Waals surface area contributed by atoms with Crippen molar-refractivity contribution in [2.24, 2.45) is 0 Å². The van der Waals surface area contributed by atoms with Gasteiger partial charge < -0.3 is 4.74 Å². The Morgan fingerprint density at radius 1 is 1.00 bits per heavy atom. The first-order valence-corrected chi connectivity index (χ1v) is 11.7. The van der Waals surface area contributed by atoms with E-state index in [-0.39, 0.29) is 0 Å². The molecule has 0 amide bonds. The van der Waals surface area contributed by atoms with Crippen molar-refractivity contribution in [2.75, 3.05) is 0 Å². The highest BCUT2D eigenvalue weighted by atomic mass is 33.1. The summed E-state index contributed by atoms with van der Waals surface area (Å²) in [6.07, 6.45) is 0.339. The number of hydrogen-bond acceptors (Lipinski definition) is 3. The van der Waals surface area contributed by atoms with Gasteiger partial charge in [-0.2, -0.15) is 0 Å². The minimum Gasteiger partial charge on any atom is -0.364 e. The van der Waals surface area contributed by atoms with E-state index < -0.39 is 8.07 Å². The largest absolute Gasteiger partial charge is 0.364 e. The molecule has 0 bridgehead atoms. The summed E-state index contributed by atoms with van der Waals surface area (Å²) in [5, 5.41) is 0.676. The molecule has 0 heterocycles. The van der Waals surface area contributed by atoms with E-state index in [9.17, 15) is 0 Å². The fourth-order valence-corrected chi connectivity index (χ4v) is 6.35. The van der Waals surface area contributed by atoms with E-state index in [2.05, 4.69) is 47.3 Å². The van der Waals surface area contributed by atoms with Gasteiger partial charge in [0, 0.05) is 13.3 Å². The van der Waals surface area contributed by atoms with Crippen LogP contribution in [0.3, 0.4) is 0 Å². The summed E-state index contributed by atoms with van der Waals surface area (Å²) in [5.74, 6) is 0. The minimum atomic E-state index is -1.02. The van der Waals surface area contributed by atoms with Gasteiger partial charge in [-0.25, -0.2) is 0 Å². The van der Waals surface area contributed by atoms with Gasteiger partial charge in [0.1, 0.15) is 5.44 Å². The Bertz CT molecular complexity index is 166. The molecule has 1 nitrogen and oxygen atoms in total. The van der Waals surface area contributed by atoms with Crippen LogP contribution in [0.25, 0.3) is 0 Å². The normalized spacial score (nSPS) is 15.0. The van der Waals surface area contributed by atoms with Gasteiger partial charge in [0.25, 0.3) is 0 Å². The third-order valence-electron chi connectivity index (χ3n) is 1.56. The SMILES string of the molecule is CC(C)OC(C[Si](C)(C)C)SSC(C)C. The van der Waals surface area contributed by atoms with E-state index in [1.54, 1.807) is 0 Å². The highest BCUT2D eigenvalue weighted by Crippen LogP contribution is 2.36. The Labute approximate surface area is 105 Å². The van der Waals surface area contributed by atoms with Crippen LogP contribution in [0.2, 0.25) is 25.7 Å². The first-order chi connectivity index (χ1) is 6.70. The first-order valence-electron chi connectivity index (χ1n) is 5.68. The van der Waals surface area contributed by atoms with Crippen molar-refractivity contribution in [2.45, 2.75) is 70.2 Å². The van der Waals surface area contributed by atoms with Crippen LogP contribution in [-0.4, -0.2) is 24.9 Å². The van der Waals surface area contributed by atoms with E-state index in [1.807, 2.05) is 21.6 Å². The first kappa shape index (κ1) is 15.9. The van der Waals surface area contributed by atoms with Crippen molar-refractivity contribution in [3.05, 3.63) is 0 Å². The van der Waals surface area contributed by atoms with E-state index in [0.717, 1.165) is 0 Å². The van der Waals surface area contributed by atoms with Crippen molar-refractivity contribution >= 4 is 29.7 Å². The van der Waals surface area contributed by atoms with Crippen LogP contribution in [0.5, 0.6) is 0 Å². The number of ether oxygens (including phenoxy) is 1. The highest BCUT2D eigenvalue weighted by molar-refractivity contribution is 8.77. The van der Waals surface area contributed by atoms with Gasteiger partial charge in [-0.1, -0.05) is 55.1 Å². The average Bonchev–Trinajstić information content (AvgIpc) is 1.95. The van der Waals surface area contributed by atoms with Crippen molar-refractivity contribution in [3.8, 4) is 0 Å². The third kappa shape index (κ3) is 11.1. The summed E-state index contributed by atoms with van der Waals surface area (Å²) in [6, 6.07) is 1.25. The zero-order chi connectivity index (χ0) is 12.1. The fraction of sp³-hybridized carbons (Fsp3) is 1.00. The summed E-state index contributed by atoms with van der Waals surface area (Å²) >= 11 is 0. The molecule has 0 aliphatic heterocycles. The highest BCUT2D eigenvalue weighted by Gasteiger charge is 2.22. The molecule has 0 spiro atoms. The Balaban J connectivity index is 4.07. The molecule has 0 radical (unpaired) electrons. The molecule has 0 saturated heterocycles. The molecule has 92 valence electrons. The third-order valence-corrected chi connectivity index (χ3v) is 6.57. The predicted octanol–water partition coefficient (Wildman–Crippen LogP) is 4.87.